The van der Waals surface area contributed by atoms with Crippen LogP contribution >= 0.6 is 23.1 Å². The highest BCUT2D eigenvalue weighted by atomic mass is 32.2. The van der Waals surface area contributed by atoms with Gasteiger partial charge in [-0.05, 0) is 41.5 Å². The average Bonchev–Trinajstić information content (AvgIpc) is 3.05. The van der Waals surface area contributed by atoms with Crippen molar-refractivity contribution >= 4 is 34.6 Å². The van der Waals surface area contributed by atoms with Gasteiger partial charge in [0.25, 0.3) is 0 Å². The van der Waals surface area contributed by atoms with Gasteiger partial charge in [-0.15, -0.1) is 23.1 Å². The van der Waals surface area contributed by atoms with Crippen molar-refractivity contribution in [3.63, 3.8) is 0 Å². The molecule has 0 saturated heterocycles. The van der Waals surface area contributed by atoms with E-state index in [1.807, 2.05) is 42.0 Å². The Balaban J connectivity index is 2.08. The number of nitrogens with one attached hydrogen (secondary N) is 1. The minimum absolute atomic E-state index is 0.109. The van der Waals surface area contributed by atoms with Gasteiger partial charge in [-0.3, -0.25) is 0 Å². The van der Waals surface area contributed by atoms with Crippen molar-refractivity contribution in [3.05, 3.63) is 46.2 Å². The summed E-state index contributed by atoms with van der Waals surface area (Å²) in [7, 11) is 0. The maximum absolute atomic E-state index is 12.2. The summed E-state index contributed by atoms with van der Waals surface area (Å²) >= 11 is 3.05. The van der Waals surface area contributed by atoms with E-state index in [1.54, 1.807) is 11.8 Å². The third-order valence-corrected chi connectivity index (χ3v) is 4.92. The average molecular weight is 373 g/mol. The van der Waals surface area contributed by atoms with Crippen LogP contribution in [-0.4, -0.2) is 24.8 Å². The van der Waals surface area contributed by atoms with Gasteiger partial charge >= 0.3 is 6.18 Å². The van der Waals surface area contributed by atoms with E-state index < -0.39 is 12.6 Å². The second-order valence-corrected chi connectivity index (χ2v) is 6.81. The highest BCUT2D eigenvalue weighted by Gasteiger charge is 2.25. The Hall–Kier alpha value is -1.51. The van der Waals surface area contributed by atoms with Crippen LogP contribution in [-0.2, 0) is 6.54 Å². The summed E-state index contributed by atoms with van der Waals surface area (Å²) in [5, 5.41) is 4.75. The first kappa shape index (κ1) is 18.8. The Morgan fingerprint density at radius 1 is 1.33 bits per heavy atom. The lowest BCUT2D eigenvalue weighted by atomic mass is 10.2. The standard InChI is InChI=1S/C16H18F3N3S2/c1-23-13-5-4-12(22-15(20)14-3-2-8-24-14)9-11(13)10-21-7-6-16(17,18)19/h2-5,8-9,21H,6-7,10H2,1H3,(H2,20,22). The van der Waals surface area contributed by atoms with Crippen LogP contribution in [0, 0.1) is 0 Å². The number of thioether (sulfide) groups is 1. The molecule has 1 aromatic heterocycles. The molecule has 1 heterocycles. The van der Waals surface area contributed by atoms with Gasteiger partial charge in [0.2, 0.25) is 0 Å². The highest BCUT2D eigenvalue weighted by Crippen LogP contribution is 2.26. The second-order valence-electron chi connectivity index (χ2n) is 5.01. The molecular weight excluding hydrogens is 355 g/mol. The monoisotopic (exact) mass is 373 g/mol. The van der Waals surface area contributed by atoms with Gasteiger partial charge in [0.1, 0.15) is 5.84 Å². The number of hydrogen-bond acceptors (Lipinski definition) is 4. The molecule has 0 radical (unpaired) electrons. The van der Waals surface area contributed by atoms with Gasteiger partial charge < -0.3 is 11.1 Å². The lowest BCUT2D eigenvalue weighted by molar-refractivity contribution is -0.133. The fourth-order valence-electron chi connectivity index (χ4n) is 2.04. The Kier molecular flexibility index (Phi) is 6.70. The van der Waals surface area contributed by atoms with E-state index in [-0.39, 0.29) is 6.54 Å². The van der Waals surface area contributed by atoms with E-state index in [4.69, 9.17) is 5.73 Å². The molecule has 0 atom stereocenters. The normalized spacial score (nSPS) is 12.6. The van der Waals surface area contributed by atoms with Gasteiger partial charge in [-0.2, -0.15) is 13.2 Å². The number of nitrogens with zero attached hydrogens (tertiary/aromatic N) is 1. The smallest absolute Gasteiger partial charge is 0.383 e. The molecular formula is C16H18F3N3S2. The van der Waals surface area contributed by atoms with Crippen molar-refractivity contribution < 1.29 is 13.2 Å². The van der Waals surface area contributed by atoms with Gasteiger partial charge in [0.15, 0.2) is 0 Å². The molecule has 0 amide bonds. The molecule has 130 valence electrons. The predicted molar refractivity (Wildman–Crippen MR) is 95.3 cm³/mol. The quantitative estimate of drug-likeness (QED) is 0.324. The van der Waals surface area contributed by atoms with Crippen molar-refractivity contribution in [1.29, 1.82) is 0 Å². The van der Waals surface area contributed by atoms with Crippen molar-refractivity contribution in [2.75, 3.05) is 12.8 Å². The molecule has 3 N–H and O–H groups in total. The summed E-state index contributed by atoms with van der Waals surface area (Å²) in [6, 6.07) is 9.40. The number of thiophene rings is 1. The molecule has 0 bridgehead atoms. The zero-order valence-electron chi connectivity index (χ0n) is 13.1. The number of nitrogens with two attached hydrogens (primary N) is 1. The van der Waals surface area contributed by atoms with E-state index in [1.165, 1.54) is 11.3 Å². The Bertz CT molecular complexity index is 682. The summed E-state index contributed by atoms with van der Waals surface area (Å²) in [5.74, 6) is 0.429. The van der Waals surface area contributed by atoms with E-state index in [0.29, 0.717) is 18.1 Å². The van der Waals surface area contributed by atoms with Crippen LogP contribution in [0.1, 0.15) is 16.9 Å². The van der Waals surface area contributed by atoms with E-state index >= 15 is 0 Å². The topological polar surface area (TPSA) is 50.4 Å². The van der Waals surface area contributed by atoms with Crippen molar-refractivity contribution in [1.82, 2.24) is 5.32 Å². The van der Waals surface area contributed by atoms with Gasteiger partial charge in [0.05, 0.1) is 17.0 Å². The zero-order chi connectivity index (χ0) is 17.6. The van der Waals surface area contributed by atoms with Crippen LogP contribution in [0.25, 0.3) is 0 Å². The number of alkyl halides is 3. The summed E-state index contributed by atoms with van der Waals surface area (Å²) in [6.07, 6.45) is -3.06. The van der Waals surface area contributed by atoms with Crippen molar-refractivity contribution in [3.8, 4) is 0 Å². The largest absolute Gasteiger partial charge is 0.390 e. The third-order valence-electron chi connectivity index (χ3n) is 3.19. The molecule has 8 heteroatoms. The van der Waals surface area contributed by atoms with Gasteiger partial charge in [0, 0.05) is 18.0 Å². The van der Waals surface area contributed by atoms with Crippen molar-refractivity contribution in [2.45, 2.75) is 24.0 Å². The molecule has 0 fully saturated rings. The third kappa shape index (κ3) is 5.85. The van der Waals surface area contributed by atoms with Crippen LogP contribution in [0.2, 0.25) is 0 Å². The predicted octanol–water partition coefficient (Wildman–Crippen LogP) is 4.55. The summed E-state index contributed by atoms with van der Waals surface area (Å²) in [4.78, 5) is 6.28. The molecule has 0 saturated carbocycles. The first-order chi connectivity index (χ1) is 11.4. The number of hydrogen-bond donors (Lipinski definition) is 2. The molecule has 2 rings (SSSR count). The van der Waals surface area contributed by atoms with E-state index in [9.17, 15) is 13.2 Å². The Morgan fingerprint density at radius 3 is 2.75 bits per heavy atom. The zero-order valence-corrected chi connectivity index (χ0v) is 14.7. The van der Waals surface area contributed by atoms with Gasteiger partial charge in [-0.25, -0.2) is 4.99 Å². The fraction of sp³-hybridized carbons (Fsp3) is 0.312. The van der Waals surface area contributed by atoms with Gasteiger partial charge in [-0.1, -0.05) is 6.07 Å². The van der Waals surface area contributed by atoms with Crippen LogP contribution in [0.5, 0.6) is 0 Å². The molecule has 1 aromatic carbocycles. The fourth-order valence-corrected chi connectivity index (χ4v) is 3.27. The van der Waals surface area contributed by atoms with Crippen molar-refractivity contribution in [2.24, 2.45) is 10.7 Å². The molecule has 0 spiro atoms. The van der Waals surface area contributed by atoms with E-state index in [2.05, 4.69) is 10.3 Å². The first-order valence-electron chi connectivity index (χ1n) is 7.21. The highest BCUT2D eigenvalue weighted by molar-refractivity contribution is 7.98. The maximum atomic E-state index is 12.2. The van der Waals surface area contributed by atoms with Crippen LogP contribution in [0.4, 0.5) is 18.9 Å². The molecule has 0 aliphatic carbocycles. The Labute approximate surface area is 147 Å². The number of halogens is 3. The molecule has 0 aliphatic heterocycles. The molecule has 2 aromatic rings. The van der Waals surface area contributed by atoms with E-state index in [0.717, 1.165) is 15.3 Å². The minimum Gasteiger partial charge on any atom is -0.383 e. The SMILES string of the molecule is CSc1ccc(N=C(N)c2cccs2)cc1CNCCC(F)(F)F. The number of rotatable bonds is 7. The summed E-state index contributed by atoms with van der Waals surface area (Å²) < 4.78 is 36.6. The maximum Gasteiger partial charge on any atom is 0.390 e. The van der Waals surface area contributed by atoms with Crippen LogP contribution in [0.3, 0.4) is 0 Å². The Morgan fingerprint density at radius 2 is 2.12 bits per heavy atom. The van der Waals surface area contributed by atoms with Crippen LogP contribution < -0.4 is 11.1 Å². The van der Waals surface area contributed by atoms with Crippen LogP contribution in [0.15, 0.2) is 45.6 Å². The molecule has 0 unspecified atom stereocenters. The first-order valence-corrected chi connectivity index (χ1v) is 9.32. The number of aliphatic imine (C=N–C) groups is 1. The number of benzene rings is 1. The lowest BCUT2D eigenvalue weighted by Gasteiger charge is -2.11. The number of amidine groups is 1. The second kappa shape index (κ2) is 8.55. The molecule has 3 nitrogen and oxygen atoms in total. The summed E-state index contributed by atoms with van der Waals surface area (Å²) in [5.41, 5.74) is 7.57. The molecule has 24 heavy (non-hydrogen) atoms. The summed E-state index contributed by atoms with van der Waals surface area (Å²) in [6.45, 7) is 0.247. The minimum atomic E-state index is -4.14. The molecule has 0 aliphatic rings. The lowest BCUT2D eigenvalue weighted by Crippen LogP contribution is -2.21.